The van der Waals surface area contributed by atoms with E-state index >= 15 is 0 Å². The van der Waals surface area contributed by atoms with E-state index < -0.39 is 23.2 Å². The topological polar surface area (TPSA) is 102 Å². The molecule has 4 aromatic rings. The molecule has 0 bridgehead atoms. The van der Waals surface area contributed by atoms with E-state index in [1.54, 1.807) is 18.2 Å². The summed E-state index contributed by atoms with van der Waals surface area (Å²) in [5.41, 5.74) is -1.69. The number of hydrogen-bond acceptors (Lipinski definition) is 9. The first-order valence-electron chi connectivity index (χ1n) is 12.9. The zero-order valence-corrected chi connectivity index (χ0v) is 22.2. The van der Waals surface area contributed by atoms with Crippen molar-refractivity contribution in [3.05, 3.63) is 108 Å². The summed E-state index contributed by atoms with van der Waals surface area (Å²) in [5.74, 6) is 2.64. The van der Waals surface area contributed by atoms with Crippen LogP contribution in [0.25, 0.3) is 0 Å². The van der Waals surface area contributed by atoms with Gasteiger partial charge in [-0.2, -0.15) is 33.6 Å². The van der Waals surface area contributed by atoms with E-state index in [9.17, 15) is 13.2 Å². The van der Waals surface area contributed by atoms with Crippen LogP contribution in [0.3, 0.4) is 0 Å². The maximum atomic E-state index is 13.4. The van der Waals surface area contributed by atoms with Crippen molar-refractivity contribution in [2.24, 2.45) is 30.7 Å². The van der Waals surface area contributed by atoms with Crippen LogP contribution in [0.15, 0.2) is 122 Å². The molecule has 0 amide bonds. The minimum atomic E-state index is -4.61. The largest absolute Gasteiger partial charge is 0.457 e. The Hall–Kier alpha value is -5.13. The molecule has 0 atom stereocenters. The number of benzene rings is 4. The van der Waals surface area contributed by atoms with Crippen LogP contribution in [-0.4, -0.2) is 6.18 Å². The fraction of sp³-hybridized carbons (Fsp3) is 0.200. The predicted octanol–water partition coefficient (Wildman–Crippen LogP) is 9.52. The standard InChI is InChI=1S/C30H21F3N6O3/c1-27(34-35-27)18-3-9-21(10-4-18)40-24-15-25(41-22-11-5-19(6-12-22)28(2)36-37-28)17-26(16-24)42-23-13-7-20(8-14-23)29(38-39-29)30(31,32)33/h3-17H,1-2H3. The molecule has 0 aliphatic carbocycles. The molecule has 0 aromatic heterocycles. The van der Waals surface area contributed by atoms with Crippen LogP contribution < -0.4 is 14.2 Å². The molecule has 0 saturated heterocycles. The summed E-state index contributed by atoms with van der Waals surface area (Å²) in [6.45, 7) is 3.83. The molecular formula is C30H21F3N6O3. The van der Waals surface area contributed by atoms with E-state index in [2.05, 4.69) is 30.7 Å². The van der Waals surface area contributed by atoms with Crippen LogP contribution in [-0.2, 0) is 17.0 Å². The van der Waals surface area contributed by atoms with Gasteiger partial charge in [-0.1, -0.05) is 36.4 Å². The van der Waals surface area contributed by atoms with Crippen molar-refractivity contribution in [1.29, 1.82) is 0 Å². The Kier molecular flexibility index (Phi) is 5.49. The van der Waals surface area contributed by atoms with Gasteiger partial charge in [-0.25, -0.2) is 0 Å². The van der Waals surface area contributed by atoms with Crippen LogP contribution in [0, 0.1) is 0 Å². The van der Waals surface area contributed by atoms with Gasteiger partial charge in [-0.05, 0) is 50.2 Å². The molecule has 3 aliphatic rings. The summed E-state index contributed by atoms with van der Waals surface area (Å²) in [7, 11) is 0. The van der Waals surface area contributed by atoms with Gasteiger partial charge < -0.3 is 14.2 Å². The number of alkyl halides is 3. The average Bonchev–Trinajstić information content (AvgIpc) is 3.85. The van der Waals surface area contributed by atoms with Crippen molar-refractivity contribution < 1.29 is 27.4 Å². The molecule has 3 heterocycles. The normalized spacial score (nSPS) is 17.9. The second-order valence-corrected chi connectivity index (χ2v) is 10.3. The molecular weight excluding hydrogens is 549 g/mol. The van der Waals surface area contributed by atoms with Crippen molar-refractivity contribution in [3.63, 3.8) is 0 Å². The van der Waals surface area contributed by atoms with Gasteiger partial charge >= 0.3 is 11.8 Å². The summed E-state index contributed by atoms with van der Waals surface area (Å²) in [5, 5.41) is 22.7. The van der Waals surface area contributed by atoms with Gasteiger partial charge in [-0.3, -0.25) is 0 Å². The fourth-order valence-corrected chi connectivity index (χ4v) is 4.39. The van der Waals surface area contributed by atoms with Crippen LogP contribution >= 0.6 is 0 Å². The molecule has 210 valence electrons. The van der Waals surface area contributed by atoms with Crippen molar-refractivity contribution in [2.45, 2.75) is 37.0 Å². The first-order valence-corrected chi connectivity index (χ1v) is 12.9. The van der Waals surface area contributed by atoms with Gasteiger partial charge in [0, 0.05) is 34.9 Å². The lowest BCUT2D eigenvalue weighted by atomic mass is 10.0. The molecule has 42 heavy (non-hydrogen) atoms. The Labute approximate surface area is 237 Å². The SMILES string of the molecule is CC1(c2ccc(Oc3cc(Oc4ccc(C5(C)N=N5)cc4)cc(Oc4ccc(C5(C(F)(F)F)N=N5)cc4)c3)cc2)N=N1. The Morgan fingerprint density at radius 3 is 1.02 bits per heavy atom. The van der Waals surface area contributed by atoms with Crippen LogP contribution in [0.1, 0.15) is 30.5 Å². The number of rotatable bonds is 9. The molecule has 0 unspecified atom stereocenters. The Morgan fingerprint density at radius 2 is 0.762 bits per heavy atom. The maximum absolute atomic E-state index is 13.4. The van der Waals surface area contributed by atoms with Gasteiger partial charge in [-0.15, -0.1) is 10.2 Å². The molecule has 7 rings (SSSR count). The number of nitrogens with zero attached hydrogens (tertiary/aromatic N) is 6. The summed E-state index contributed by atoms with van der Waals surface area (Å²) >= 11 is 0. The lowest BCUT2D eigenvalue weighted by Gasteiger charge is -2.16. The number of ether oxygens (including phenoxy) is 3. The summed E-state index contributed by atoms with van der Waals surface area (Å²) in [4.78, 5) is 0. The van der Waals surface area contributed by atoms with E-state index in [1.807, 2.05) is 62.4 Å². The summed E-state index contributed by atoms with van der Waals surface area (Å²) < 4.78 is 58.4. The number of hydrogen-bond donors (Lipinski definition) is 0. The van der Waals surface area contributed by atoms with Crippen molar-refractivity contribution in [2.75, 3.05) is 0 Å². The van der Waals surface area contributed by atoms with Crippen LogP contribution in [0.4, 0.5) is 13.2 Å². The van der Waals surface area contributed by atoms with Gasteiger partial charge in [0.1, 0.15) is 34.5 Å². The Morgan fingerprint density at radius 1 is 0.452 bits per heavy atom. The third-order valence-corrected chi connectivity index (χ3v) is 7.12. The second-order valence-electron chi connectivity index (χ2n) is 10.3. The van der Waals surface area contributed by atoms with E-state index in [-0.39, 0.29) is 5.56 Å². The quantitative estimate of drug-likeness (QED) is 0.200. The third kappa shape index (κ3) is 4.84. The van der Waals surface area contributed by atoms with E-state index in [0.29, 0.717) is 34.5 Å². The highest BCUT2D eigenvalue weighted by Crippen LogP contribution is 2.52. The highest BCUT2D eigenvalue weighted by atomic mass is 19.4. The molecule has 9 nitrogen and oxygen atoms in total. The van der Waals surface area contributed by atoms with Gasteiger partial charge in [0.2, 0.25) is 11.3 Å². The molecule has 0 N–H and O–H groups in total. The first kappa shape index (κ1) is 25.8. The second kappa shape index (κ2) is 8.93. The highest BCUT2D eigenvalue weighted by molar-refractivity contribution is 5.48. The van der Waals surface area contributed by atoms with E-state index in [0.717, 1.165) is 11.1 Å². The minimum absolute atomic E-state index is 0.0864. The van der Waals surface area contributed by atoms with Crippen LogP contribution in [0.5, 0.6) is 34.5 Å². The van der Waals surface area contributed by atoms with Crippen LogP contribution in [0.2, 0.25) is 0 Å². The molecule has 0 saturated carbocycles. The zero-order chi connectivity index (χ0) is 29.2. The molecule has 4 aromatic carbocycles. The number of halogens is 3. The monoisotopic (exact) mass is 570 g/mol. The zero-order valence-electron chi connectivity index (χ0n) is 22.2. The van der Waals surface area contributed by atoms with Crippen molar-refractivity contribution >= 4 is 0 Å². The molecule has 12 heteroatoms. The van der Waals surface area contributed by atoms with E-state index in [1.165, 1.54) is 24.3 Å². The third-order valence-electron chi connectivity index (χ3n) is 7.12. The first-order chi connectivity index (χ1) is 20.0. The highest BCUT2D eigenvalue weighted by Gasteiger charge is 2.65. The fourth-order valence-electron chi connectivity index (χ4n) is 4.39. The van der Waals surface area contributed by atoms with Crippen molar-refractivity contribution in [1.82, 2.24) is 0 Å². The summed E-state index contributed by atoms with van der Waals surface area (Å²) in [6.07, 6.45) is -4.61. The lowest BCUT2D eigenvalue weighted by molar-refractivity contribution is -0.166. The molecule has 0 fully saturated rings. The lowest BCUT2D eigenvalue weighted by Crippen LogP contribution is -2.29. The maximum Gasteiger partial charge on any atom is 0.442 e. The van der Waals surface area contributed by atoms with Crippen molar-refractivity contribution in [3.8, 4) is 34.5 Å². The summed E-state index contributed by atoms with van der Waals surface area (Å²) in [6, 6.07) is 25.3. The smallest absolute Gasteiger partial charge is 0.442 e. The average molecular weight is 571 g/mol. The molecule has 0 spiro atoms. The molecule has 3 aliphatic heterocycles. The Bertz CT molecular complexity index is 1660. The van der Waals surface area contributed by atoms with Gasteiger partial charge in [0.25, 0.3) is 0 Å². The van der Waals surface area contributed by atoms with Gasteiger partial charge in [0.15, 0.2) is 0 Å². The predicted molar refractivity (Wildman–Crippen MR) is 143 cm³/mol. The van der Waals surface area contributed by atoms with Gasteiger partial charge in [0.05, 0.1) is 0 Å². The van der Waals surface area contributed by atoms with E-state index in [4.69, 9.17) is 14.2 Å². The Balaban J connectivity index is 1.14. The molecule has 0 radical (unpaired) electrons. The minimum Gasteiger partial charge on any atom is -0.457 e.